The van der Waals surface area contributed by atoms with E-state index in [9.17, 15) is 14.7 Å². The first-order valence-electron chi connectivity index (χ1n) is 6.18. The molecule has 0 aliphatic heterocycles. The lowest BCUT2D eigenvalue weighted by Gasteiger charge is -2.12. The number of rotatable bonds is 3. The van der Waals surface area contributed by atoms with Gasteiger partial charge in [0.2, 0.25) is 5.89 Å². The van der Waals surface area contributed by atoms with E-state index in [0.717, 1.165) is 5.69 Å². The number of aromatic carboxylic acids is 1. The smallest absolute Gasteiger partial charge is 0.337 e. The number of pyridine rings is 1. The third kappa shape index (κ3) is 2.36. The quantitative estimate of drug-likeness (QED) is 0.924. The van der Waals surface area contributed by atoms with Crippen molar-refractivity contribution in [1.29, 1.82) is 0 Å². The van der Waals surface area contributed by atoms with Gasteiger partial charge in [-0.15, -0.1) is 0 Å². The second kappa shape index (κ2) is 4.96. The fourth-order valence-electron chi connectivity index (χ4n) is 2.18. The van der Waals surface area contributed by atoms with Crippen LogP contribution in [-0.4, -0.2) is 20.6 Å². The van der Waals surface area contributed by atoms with Gasteiger partial charge in [0.1, 0.15) is 12.3 Å². The van der Waals surface area contributed by atoms with E-state index in [1.807, 2.05) is 6.92 Å². The number of aromatic nitrogens is 2. The molecule has 20 heavy (non-hydrogen) atoms. The molecule has 0 bridgehead atoms. The summed E-state index contributed by atoms with van der Waals surface area (Å²) in [5.41, 5.74) is 1.49. The number of hydrogen-bond acceptors (Lipinski definition) is 4. The van der Waals surface area contributed by atoms with Crippen molar-refractivity contribution in [3.05, 3.63) is 50.6 Å². The highest BCUT2D eigenvalue weighted by atomic mass is 16.4. The molecule has 0 aromatic carbocycles. The molecule has 106 valence electrons. The Morgan fingerprint density at radius 1 is 1.35 bits per heavy atom. The Labute approximate surface area is 115 Å². The van der Waals surface area contributed by atoms with E-state index >= 15 is 0 Å². The summed E-state index contributed by atoms with van der Waals surface area (Å²) in [6.45, 7) is 6.96. The predicted molar refractivity (Wildman–Crippen MR) is 72.2 cm³/mol. The van der Waals surface area contributed by atoms with Crippen LogP contribution in [0.2, 0.25) is 0 Å². The van der Waals surface area contributed by atoms with Crippen LogP contribution in [0.1, 0.15) is 39.0 Å². The van der Waals surface area contributed by atoms with Crippen LogP contribution in [0.3, 0.4) is 0 Å². The van der Waals surface area contributed by atoms with Crippen LogP contribution in [0, 0.1) is 27.7 Å². The van der Waals surface area contributed by atoms with Gasteiger partial charge in [-0.05, 0) is 33.3 Å². The molecule has 0 atom stereocenters. The van der Waals surface area contributed by atoms with E-state index in [1.165, 1.54) is 10.6 Å². The van der Waals surface area contributed by atoms with Crippen molar-refractivity contribution in [3.8, 4) is 0 Å². The van der Waals surface area contributed by atoms with Gasteiger partial charge in [-0.2, -0.15) is 0 Å². The van der Waals surface area contributed by atoms with Crippen LogP contribution < -0.4 is 5.56 Å². The number of carbonyl (C=O) groups is 1. The molecule has 0 radical (unpaired) electrons. The van der Waals surface area contributed by atoms with Crippen molar-refractivity contribution < 1.29 is 14.3 Å². The van der Waals surface area contributed by atoms with Gasteiger partial charge in [-0.25, -0.2) is 9.78 Å². The van der Waals surface area contributed by atoms with E-state index in [-0.39, 0.29) is 17.7 Å². The average Bonchev–Trinajstić information content (AvgIpc) is 2.63. The summed E-state index contributed by atoms with van der Waals surface area (Å²) in [6, 6.07) is 1.32. The molecule has 2 aromatic heterocycles. The number of aryl methyl sites for hydroxylation is 3. The van der Waals surface area contributed by atoms with Crippen molar-refractivity contribution in [2.24, 2.45) is 0 Å². The summed E-state index contributed by atoms with van der Waals surface area (Å²) in [4.78, 5) is 27.5. The van der Waals surface area contributed by atoms with Gasteiger partial charge < -0.3 is 14.1 Å². The standard InChI is InChI=1S/C14H16N2O4/c1-7-5-12(17)16(9(3)13(7)14(18)19)6-11-15-8(2)10(4)20-11/h5H,6H2,1-4H3,(H,18,19). The van der Waals surface area contributed by atoms with Gasteiger partial charge in [-0.1, -0.05) is 0 Å². The molecule has 0 aliphatic carbocycles. The molecule has 0 fully saturated rings. The van der Waals surface area contributed by atoms with Gasteiger partial charge in [-0.3, -0.25) is 4.79 Å². The highest BCUT2D eigenvalue weighted by molar-refractivity contribution is 5.90. The lowest BCUT2D eigenvalue weighted by Crippen LogP contribution is -2.26. The second-order valence-corrected chi connectivity index (χ2v) is 4.77. The molecule has 6 heteroatoms. The highest BCUT2D eigenvalue weighted by Crippen LogP contribution is 2.14. The molecular weight excluding hydrogens is 260 g/mol. The first kappa shape index (κ1) is 14.0. The normalized spacial score (nSPS) is 10.8. The summed E-state index contributed by atoms with van der Waals surface area (Å²) in [5.74, 6) is 0.0372. The summed E-state index contributed by atoms with van der Waals surface area (Å²) in [7, 11) is 0. The predicted octanol–water partition coefficient (Wildman–Crippen LogP) is 1.82. The van der Waals surface area contributed by atoms with Gasteiger partial charge >= 0.3 is 5.97 Å². The maximum Gasteiger partial charge on any atom is 0.337 e. The molecule has 2 rings (SSSR count). The monoisotopic (exact) mass is 276 g/mol. The van der Waals surface area contributed by atoms with Crippen LogP contribution >= 0.6 is 0 Å². The minimum atomic E-state index is -1.05. The molecule has 6 nitrogen and oxygen atoms in total. The van der Waals surface area contributed by atoms with E-state index < -0.39 is 5.97 Å². The molecule has 0 amide bonds. The Morgan fingerprint density at radius 3 is 2.50 bits per heavy atom. The van der Waals surface area contributed by atoms with E-state index in [1.54, 1.807) is 20.8 Å². The molecule has 0 aliphatic rings. The summed E-state index contributed by atoms with van der Waals surface area (Å²) < 4.78 is 6.80. The van der Waals surface area contributed by atoms with E-state index in [0.29, 0.717) is 22.9 Å². The minimum Gasteiger partial charge on any atom is -0.478 e. The Kier molecular flexibility index (Phi) is 3.48. The summed E-state index contributed by atoms with van der Waals surface area (Å²) in [5, 5.41) is 9.22. The number of oxazole rings is 1. The van der Waals surface area contributed by atoms with Crippen molar-refractivity contribution >= 4 is 5.97 Å². The highest BCUT2D eigenvalue weighted by Gasteiger charge is 2.17. The third-order valence-electron chi connectivity index (χ3n) is 3.35. The molecular formula is C14H16N2O4. The number of carboxylic acids is 1. The first-order valence-corrected chi connectivity index (χ1v) is 6.18. The maximum atomic E-state index is 12.0. The van der Waals surface area contributed by atoms with Crippen LogP contribution in [-0.2, 0) is 6.54 Å². The third-order valence-corrected chi connectivity index (χ3v) is 3.35. The zero-order valence-corrected chi connectivity index (χ0v) is 11.9. The lowest BCUT2D eigenvalue weighted by molar-refractivity contribution is 0.0694. The van der Waals surface area contributed by atoms with Gasteiger partial charge in [0.05, 0.1) is 11.3 Å². The number of carboxylic acid groups (broad SMARTS) is 1. The Morgan fingerprint density at radius 2 is 2.00 bits per heavy atom. The van der Waals surface area contributed by atoms with Crippen molar-refractivity contribution in [1.82, 2.24) is 9.55 Å². The second-order valence-electron chi connectivity index (χ2n) is 4.77. The molecule has 0 saturated carbocycles. The minimum absolute atomic E-state index is 0.125. The van der Waals surface area contributed by atoms with E-state index in [2.05, 4.69) is 4.98 Å². The Bertz CT molecular complexity index is 721. The Balaban J connectivity index is 2.54. The van der Waals surface area contributed by atoms with Gasteiger partial charge in [0, 0.05) is 11.8 Å². The Hall–Kier alpha value is -2.37. The molecule has 1 N–H and O–H groups in total. The van der Waals surface area contributed by atoms with Crippen molar-refractivity contribution in [2.45, 2.75) is 34.2 Å². The van der Waals surface area contributed by atoms with E-state index in [4.69, 9.17) is 4.42 Å². The zero-order chi connectivity index (χ0) is 15.0. The topological polar surface area (TPSA) is 85.3 Å². The van der Waals surface area contributed by atoms with Crippen LogP contribution in [0.15, 0.2) is 15.3 Å². The van der Waals surface area contributed by atoms with Gasteiger partial charge in [0.25, 0.3) is 5.56 Å². The van der Waals surface area contributed by atoms with Crippen molar-refractivity contribution in [3.63, 3.8) is 0 Å². The van der Waals surface area contributed by atoms with Gasteiger partial charge in [0.15, 0.2) is 0 Å². The fraction of sp³-hybridized carbons (Fsp3) is 0.357. The van der Waals surface area contributed by atoms with Crippen molar-refractivity contribution in [2.75, 3.05) is 0 Å². The maximum absolute atomic E-state index is 12.0. The number of hydrogen-bond donors (Lipinski definition) is 1. The average molecular weight is 276 g/mol. The van der Waals surface area contributed by atoms with Crippen LogP contribution in [0.4, 0.5) is 0 Å². The molecule has 2 heterocycles. The molecule has 2 aromatic rings. The number of nitrogens with zero attached hydrogens (tertiary/aromatic N) is 2. The lowest BCUT2D eigenvalue weighted by atomic mass is 10.1. The molecule has 0 spiro atoms. The molecule has 0 unspecified atom stereocenters. The summed E-state index contributed by atoms with van der Waals surface area (Å²) >= 11 is 0. The summed E-state index contributed by atoms with van der Waals surface area (Å²) in [6.07, 6.45) is 0. The van der Waals surface area contributed by atoms with Crippen LogP contribution in [0.25, 0.3) is 0 Å². The molecule has 0 saturated heterocycles. The largest absolute Gasteiger partial charge is 0.478 e. The zero-order valence-electron chi connectivity index (χ0n) is 11.9. The first-order chi connectivity index (χ1) is 9.31. The SMILES string of the molecule is Cc1cc(=O)n(Cc2nc(C)c(C)o2)c(C)c1C(=O)O. The van der Waals surface area contributed by atoms with Crippen LogP contribution in [0.5, 0.6) is 0 Å². The fourth-order valence-corrected chi connectivity index (χ4v) is 2.18.